The molecule has 0 saturated carbocycles. The summed E-state index contributed by atoms with van der Waals surface area (Å²) in [6, 6.07) is 0. The molecule has 3 heteroatoms. The maximum absolute atomic E-state index is 3.33. The number of nitrogens with one attached hydrogen (secondary N) is 1. The molecule has 0 aromatic heterocycles. The molecule has 1 saturated heterocycles. The first-order valence-electron chi connectivity index (χ1n) is 3.51. The van der Waals surface area contributed by atoms with Gasteiger partial charge in [0, 0.05) is 0 Å². The van der Waals surface area contributed by atoms with E-state index in [1.165, 1.54) is 26.2 Å². The van der Waals surface area contributed by atoms with E-state index in [-0.39, 0.29) is 0 Å². The van der Waals surface area contributed by atoms with Crippen molar-refractivity contribution in [3.8, 4) is 0 Å². The molecule has 0 bridgehead atoms. The Balaban J connectivity index is 2.23. The minimum absolute atomic E-state index is 0.791. The van der Waals surface area contributed by atoms with Gasteiger partial charge in [-0.3, -0.25) is 0 Å². The van der Waals surface area contributed by atoms with E-state index in [4.69, 9.17) is 0 Å². The van der Waals surface area contributed by atoms with E-state index >= 15 is 0 Å². The average Bonchev–Trinajstić information content (AvgIpc) is 1.90. The van der Waals surface area contributed by atoms with E-state index in [0.29, 0.717) is 0 Å². The molecule has 1 rings (SSSR count). The summed E-state index contributed by atoms with van der Waals surface area (Å²) in [7, 11) is 0. The monoisotopic (exact) mass is 190 g/mol. The number of rotatable bonds is 1. The second-order valence-electron chi connectivity index (χ2n) is 2.53. The van der Waals surface area contributed by atoms with Crippen LogP contribution in [0, 0.1) is 0 Å². The second kappa shape index (κ2) is 3.60. The van der Waals surface area contributed by atoms with Gasteiger partial charge in [0.1, 0.15) is 0 Å². The molecule has 1 heterocycles. The van der Waals surface area contributed by atoms with Gasteiger partial charge in [0.05, 0.1) is 0 Å². The zero-order valence-corrected chi connectivity index (χ0v) is 8.35. The zero-order valence-electron chi connectivity index (χ0n) is 5.93. The van der Waals surface area contributed by atoms with Crippen molar-refractivity contribution in [2.45, 2.75) is 11.8 Å². The summed E-state index contributed by atoms with van der Waals surface area (Å²) in [5.41, 5.74) is 0. The first-order valence-corrected chi connectivity index (χ1v) is 4.91. The van der Waals surface area contributed by atoms with Gasteiger partial charge in [-0.05, 0) is 0 Å². The molecule has 2 nitrogen and oxygen atoms in total. The van der Waals surface area contributed by atoms with Crippen LogP contribution in [-0.2, 0) is 0 Å². The predicted molar refractivity (Wildman–Crippen MR) is 42.4 cm³/mol. The van der Waals surface area contributed by atoms with Crippen LogP contribution in [0.15, 0.2) is 0 Å². The van der Waals surface area contributed by atoms with Gasteiger partial charge in [-0.2, -0.15) is 0 Å². The number of nitrogens with zero attached hydrogens (tertiary/aromatic N) is 1. The van der Waals surface area contributed by atoms with Gasteiger partial charge in [-0.15, -0.1) is 0 Å². The standard InChI is InChI=1S/C6H15AsN2/c1-6(7)9-4-2-8-3-5-9/h6,8H,2-5,7H2,1H3. The summed E-state index contributed by atoms with van der Waals surface area (Å²) in [6.45, 7) is 7.10. The average molecular weight is 190 g/mol. The van der Waals surface area contributed by atoms with E-state index < -0.39 is 0 Å². The van der Waals surface area contributed by atoms with E-state index in [9.17, 15) is 0 Å². The Hall–Kier alpha value is 0.478. The van der Waals surface area contributed by atoms with Gasteiger partial charge in [0.15, 0.2) is 0 Å². The molecular weight excluding hydrogens is 175 g/mol. The first-order chi connectivity index (χ1) is 4.30. The number of hydrogen-bond donors (Lipinski definition) is 1. The van der Waals surface area contributed by atoms with E-state index in [0.717, 1.165) is 4.83 Å². The van der Waals surface area contributed by atoms with Crippen molar-refractivity contribution in [2.24, 2.45) is 0 Å². The number of piperazine rings is 1. The van der Waals surface area contributed by atoms with Crippen LogP contribution in [0.2, 0.25) is 0 Å². The molecule has 1 aliphatic heterocycles. The third kappa shape index (κ3) is 2.29. The van der Waals surface area contributed by atoms with Crippen molar-refractivity contribution >= 4 is 16.9 Å². The summed E-state index contributed by atoms with van der Waals surface area (Å²) >= 11 is 1.83. The molecule has 0 aliphatic carbocycles. The molecule has 1 N–H and O–H groups in total. The van der Waals surface area contributed by atoms with Gasteiger partial charge in [0.25, 0.3) is 0 Å². The molecule has 0 amide bonds. The van der Waals surface area contributed by atoms with Crippen LogP contribution in [0.4, 0.5) is 0 Å². The summed E-state index contributed by atoms with van der Waals surface area (Å²) in [5, 5.41) is 3.33. The van der Waals surface area contributed by atoms with Crippen molar-refractivity contribution in [2.75, 3.05) is 26.2 Å². The Morgan fingerprint density at radius 3 is 2.33 bits per heavy atom. The molecule has 54 valence electrons. The summed E-state index contributed by atoms with van der Waals surface area (Å²) in [5.74, 6) is 0. The topological polar surface area (TPSA) is 15.3 Å². The molecule has 9 heavy (non-hydrogen) atoms. The van der Waals surface area contributed by atoms with E-state index in [1.54, 1.807) is 0 Å². The fourth-order valence-electron chi connectivity index (χ4n) is 1.09. The van der Waals surface area contributed by atoms with Crippen LogP contribution in [-0.4, -0.2) is 52.8 Å². The number of hydrogen-bond acceptors (Lipinski definition) is 2. The molecule has 0 aromatic rings. The van der Waals surface area contributed by atoms with Crippen LogP contribution < -0.4 is 5.32 Å². The van der Waals surface area contributed by atoms with Crippen LogP contribution in [0.25, 0.3) is 0 Å². The fraction of sp³-hybridized carbons (Fsp3) is 1.00. The molecule has 1 fully saturated rings. The molecule has 2 atom stereocenters. The molecule has 0 spiro atoms. The van der Waals surface area contributed by atoms with Crippen LogP contribution >= 0.6 is 0 Å². The van der Waals surface area contributed by atoms with Gasteiger partial charge in [-0.1, -0.05) is 0 Å². The zero-order chi connectivity index (χ0) is 6.69. The second-order valence-corrected chi connectivity index (χ2v) is 4.55. The Morgan fingerprint density at radius 1 is 1.44 bits per heavy atom. The van der Waals surface area contributed by atoms with Crippen molar-refractivity contribution < 1.29 is 0 Å². The summed E-state index contributed by atoms with van der Waals surface area (Å²) in [6.07, 6.45) is 0. The quantitative estimate of drug-likeness (QED) is 0.526. The minimum atomic E-state index is 0.791. The fourth-order valence-corrected chi connectivity index (χ4v) is 1.71. The molecule has 1 aliphatic rings. The third-order valence-corrected chi connectivity index (χ3v) is 2.61. The Labute approximate surface area is 65.5 Å². The SMILES string of the molecule is CC([AsH2])N1CCNCC1. The Bertz CT molecular complexity index is 79.1. The van der Waals surface area contributed by atoms with E-state index in [2.05, 4.69) is 17.1 Å². The van der Waals surface area contributed by atoms with Crippen molar-refractivity contribution in [1.29, 1.82) is 0 Å². The van der Waals surface area contributed by atoms with Crippen molar-refractivity contribution in [1.82, 2.24) is 10.2 Å². The van der Waals surface area contributed by atoms with Gasteiger partial charge in [0.2, 0.25) is 0 Å². The predicted octanol–water partition coefficient (Wildman–Crippen LogP) is -1.13. The Morgan fingerprint density at radius 2 is 2.00 bits per heavy atom. The van der Waals surface area contributed by atoms with Crippen molar-refractivity contribution in [3.63, 3.8) is 0 Å². The summed E-state index contributed by atoms with van der Waals surface area (Å²) < 4.78 is 0. The third-order valence-electron chi connectivity index (χ3n) is 1.73. The van der Waals surface area contributed by atoms with Gasteiger partial charge >= 0.3 is 65.0 Å². The van der Waals surface area contributed by atoms with Crippen LogP contribution in [0.5, 0.6) is 0 Å². The maximum atomic E-state index is 3.33. The van der Waals surface area contributed by atoms with Crippen molar-refractivity contribution in [3.05, 3.63) is 0 Å². The summed E-state index contributed by atoms with van der Waals surface area (Å²) in [4.78, 5) is 3.32. The normalized spacial score (nSPS) is 26.0. The first kappa shape index (κ1) is 7.58. The van der Waals surface area contributed by atoms with Gasteiger partial charge in [-0.25, -0.2) is 0 Å². The Kier molecular flexibility index (Phi) is 3.03. The molecular formula is C6H15AsN2. The molecule has 0 aromatic carbocycles. The van der Waals surface area contributed by atoms with E-state index in [1.807, 2.05) is 16.9 Å². The van der Waals surface area contributed by atoms with Gasteiger partial charge < -0.3 is 0 Å². The molecule has 0 radical (unpaired) electrons. The van der Waals surface area contributed by atoms with Crippen LogP contribution in [0.3, 0.4) is 0 Å². The molecule has 2 unspecified atom stereocenters. The van der Waals surface area contributed by atoms with Crippen LogP contribution in [0.1, 0.15) is 6.92 Å².